The Labute approximate surface area is 228 Å². The van der Waals surface area contributed by atoms with E-state index in [4.69, 9.17) is 5.73 Å². The van der Waals surface area contributed by atoms with Gasteiger partial charge in [0.2, 0.25) is 11.8 Å². The molecule has 3 aromatic rings. The van der Waals surface area contributed by atoms with E-state index in [1.165, 1.54) is 16.2 Å². The summed E-state index contributed by atoms with van der Waals surface area (Å²) in [6, 6.07) is 11.3. The second-order valence-electron chi connectivity index (χ2n) is 8.92. The van der Waals surface area contributed by atoms with Crippen molar-refractivity contribution in [3.63, 3.8) is 0 Å². The Balaban J connectivity index is 1.54. The van der Waals surface area contributed by atoms with Crippen LogP contribution in [0.15, 0.2) is 65.0 Å². The zero-order chi connectivity index (χ0) is 27.2. The molecular weight excluding hydrogens is 524 g/mol. The average Bonchev–Trinajstić information content (AvgIpc) is 3.64. The smallest absolute Gasteiger partial charge is 0.319 e. The number of amides is 5. The highest BCUT2D eigenvalue weighted by atomic mass is 32.2. The van der Waals surface area contributed by atoms with Crippen molar-refractivity contribution in [2.75, 3.05) is 18.1 Å². The van der Waals surface area contributed by atoms with Gasteiger partial charge in [0.15, 0.2) is 0 Å². The Kier molecular flexibility index (Phi) is 8.74. The van der Waals surface area contributed by atoms with Crippen LogP contribution in [0.25, 0.3) is 0 Å². The van der Waals surface area contributed by atoms with Crippen molar-refractivity contribution < 1.29 is 19.2 Å². The van der Waals surface area contributed by atoms with Gasteiger partial charge < -0.3 is 31.2 Å². The fraction of sp³-hybridized carbons (Fsp3) is 0.308. The van der Waals surface area contributed by atoms with Crippen molar-refractivity contribution >= 4 is 52.5 Å². The zero-order valence-electron chi connectivity index (χ0n) is 21.0. The molecule has 0 spiro atoms. The Bertz CT molecular complexity index is 1310. The number of urea groups is 1. The number of carbonyl (C=O) groups excluding carboxylic acids is 4. The van der Waals surface area contributed by atoms with Crippen LogP contribution in [-0.4, -0.2) is 64.1 Å². The Morgan fingerprint density at radius 1 is 1.16 bits per heavy atom. The van der Waals surface area contributed by atoms with Crippen molar-refractivity contribution in [3.8, 4) is 0 Å². The maximum absolute atomic E-state index is 13.6. The van der Waals surface area contributed by atoms with Crippen molar-refractivity contribution in [1.82, 2.24) is 20.1 Å². The van der Waals surface area contributed by atoms with Crippen LogP contribution < -0.4 is 21.7 Å². The molecule has 5 amide bonds. The first-order chi connectivity index (χ1) is 18.3. The Morgan fingerprint density at radius 2 is 1.97 bits per heavy atom. The van der Waals surface area contributed by atoms with E-state index in [1.807, 2.05) is 42.0 Å². The van der Waals surface area contributed by atoms with Crippen molar-refractivity contribution in [2.24, 2.45) is 12.8 Å². The van der Waals surface area contributed by atoms with E-state index in [1.54, 1.807) is 47.8 Å². The molecule has 12 heteroatoms. The third-order valence-corrected chi connectivity index (χ3v) is 8.00. The van der Waals surface area contributed by atoms with Crippen LogP contribution in [-0.2, 0) is 23.1 Å². The number of likely N-dealkylation sites (tertiary alicyclic amines) is 1. The molecule has 38 heavy (non-hydrogen) atoms. The van der Waals surface area contributed by atoms with E-state index in [2.05, 4.69) is 16.0 Å². The Morgan fingerprint density at radius 3 is 2.63 bits per heavy atom. The molecule has 0 aliphatic carbocycles. The quantitative estimate of drug-likeness (QED) is 0.301. The first kappa shape index (κ1) is 27.3. The molecule has 200 valence electrons. The highest BCUT2D eigenvalue weighted by Gasteiger charge is 2.44. The van der Waals surface area contributed by atoms with Gasteiger partial charge in [0.05, 0.1) is 6.04 Å². The second-order valence-corrected chi connectivity index (χ2v) is 10.8. The van der Waals surface area contributed by atoms with Gasteiger partial charge in [-0.1, -0.05) is 12.1 Å². The molecule has 1 aromatic carbocycles. The normalized spacial score (nSPS) is 17.6. The number of nitrogens with two attached hydrogens (primary N) is 1. The van der Waals surface area contributed by atoms with Crippen LogP contribution in [0.4, 0.5) is 10.5 Å². The summed E-state index contributed by atoms with van der Waals surface area (Å²) in [6.07, 6.45) is 4.28. The lowest BCUT2D eigenvalue weighted by molar-refractivity contribution is -0.130. The summed E-state index contributed by atoms with van der Waals surface area (Å²) in [6.45, 7) is 0.251. The highest BCUT2D eigenvalue weighted by Crippen LogP contribution is 2.23. The van der Waals surface area contributed by atoms with E-state index < -0.39 is 36.0 Å². The number of hydrogen-bond acceptors (Lipinski definition) is 6. The average molecular weight is 555 g/mol. The third kappa shape index (κ3) is 6.37. The second kappa shape index (κ2) is 12.2. The number of benzene rings is 1. The number of carbonyl (C=O) groups is 4. The number of nitrogens with one attached hydrogen (secondary N) is 3. The van der Waals surface area contributed by atoms with Gasteiger partial charge in [-0.15, -0.1) is 23.1 Å². The summed E-state index contributed by atoms with van der Waals surface area (Å²) in [5.74, 6) is -1.58. The van der Waals surface area contributed by atoms with Crippen LogP contribution in [0, 0.1) is 0 Å². The lowest BCUT2D eigenvalue weighted by atomic mass is 10.1. The van der Waals surface area contributed by atoms with Crippen LogP contribution in [0.1, 0.15) is 21.8 Å². The number of thioether (sulfide) groups is 1. The van der Waals surface area contributed by atoms with Gasteiger partial charge in [-0.2, -0.15) is 0 Å². The predicted octanol–water partition coefficient (Wildman–Crippen LogP) is 2.43. The molecule has 1 saturated heterocycles. The molecule has 1 aliphatic heterocycles. The minimum absolute atomic E-state index is 0.238. The number of aromatic nitrogens is 1. The van der Waals surface area contributed by atoms with Crippen molar-refractivity contribution in [2.45, 2.75) is 35.9 Å². The lowest BCUT2D eigenvalue weighted by Crippen LogP contribution is -2.58. The summed E-state index contributed by atoms with van der Waals surface area (Å²) in [7, 11) is 1.74. The topological polar surface area (TPSA) is 139 Å². The lowest BCUT2D eigenvalue weighted by Gasteiger charge is -2.29. The van der Waals surface area contributed by atoms with E-state index in [0.717, 1.165) is 9.77 Å². The van der Waals surface area contributed by atoms with Crippen molar-refractivity contribution in [1.29, 1.82) is 0 Å². The van der Waals surface area contributed by atoms with Crippen LogP contribution >= 0.6 is 23.1 Å². The molecule has 10 nitrogen and oxygen atoms in total. The third-order valence-electron chi connectivity index (χ3n) is 6.38. The van der Waals surface area contributed by atoms with E-state index in [-0.39, 0.29) is 18.9 Å². The molecule has 4 rings (SSSR count). The maximum atomic E-state index is 13.6. The summed E-state index contributed by atoms with van der Waals surface area (Å²) >= 11 is 3.00. The molecule has 0 unspecified atom stereocenters. The Hall–Kier alpha value is -3.77. The highest BCUT2D eigenvalue weighted by molar-refractivity contribution is 7.98. The minimum Gasteiger partial charge on any atom is -0.368 e. The summed E-state index contributed by atoms with van der Waals surface area (Å²) in [5, 5.41) is 10.3. The minimum atomic E-state index is -1.04. The number of thiophene rings is 1. The summed E-state index contributed by atoms with van der Waals surface area (Å²) in [5.41, 5.74) is 6.62. The summed E-state index contributed by atoms with van der Waals surface area (Å²) in [4.78, 5) is 55.4. The standard InChI is InChI=1S/C26H30N6O4S2/c1-31-11-4-9-21(31)25(35)32-12-10-19(30-26(36)28-16-6-3-7-17(14-16)37-2)22(32)24(34)29-20(23(27)33)15-18-8-5-13-38-18/h3-9,11,13-14,19-20,22H,10,12,15H2,1-2H3,(H2,27,33)(H,29,34)(H2,28,30,36)/t19-,20-,22-/m0/s1. The predicted molar refractivity (Wildman–Crippen MR) is 148 cm³/mol. The van der Waals surface area contributed by atoms with E-state index >= 15 is 0 Å². The first-order valence-electron chi connectivity index (χ1n) is 12.0. The zero-order valence-corrected chi connectivity index (χ0v) is 22.7. The molecule has 1 aliphatic rings. The molecule has 0 bridgehead atoms. The molecule has 0 saturated carbocycles. The maximum Gasteiger partial charge on any atom is 0.319 e. The van der Waals surface area contributed by atoms with Gasteiger partial charge >= 0.3 is 6.03 Å². The molecule has 3 heterocycles. The molecule has 3 atom stereocenters. The number of aryl methyl sites for hydroxylation is 1. The molecule has 0 radical (unpaired) electrons. The molecular formula is C26H30N6O4S2. The van der Waals surface area contributed by atoms with Gasteiger partial charge in [0, 0.05) is 41.7 Å². The van der Waals surface area contributed by atoms with Crippen molar-refractivity contribution in [3.05, 3.63) is 70.7 Å². The monoisotopic (exact) mass is 554 g/mol. The van der Waals surface area contributed by atoms with Gasteiger partial charge in [-0.3, -0.25) is 14.4 Å². The number of primary amides is 1. The largest absolute Gasteiger partial charge is 0.368 e. The number of anilines is 1. The van der Waals surface area contributed by atoms with Crippen LogP contribution in [0.2, 0.25) is 0 Å². The van der Waals surface area contributed by atoms with Gasteiger partial charge in [-0.25, -0.2) is 4.79 Å². The molecule has 5 N–H and O–H groups in total. The number of hydrogen-bond donors (Lipinski definition) is 4. The van der Waals surface area contributed by atoms with Gasteiger partial charge in [0.25, 0.3) is 5.91 Å². The molecule has 2 aromatic heterocycles. The molecule has 1 fully saturated rings. The van der Waals surface area contributed by atoms with E-state index in [0.29, 0.717) is 17.8 Å². The van der Waals surface area contributed by atoms with Crippen LogP contribution in [0.3, 0.4) is 0 Å². The SMILES string of the molecule is CSc1cccc(NC(=O)N[C@H]2CCN(C(=O)c3cccn3C)[C@@H]2C(=O)N[C@@H](Cc2cccs2)C(N)=O)c1. The number of nitrogens with zero attached hydrogens (tertiary/aromatic N) is 2. The summed E-state index contributed by atoms with van der Waals surface area (Å²) < 4.78 is 1.67. The van der Waals surface area contributed by atoms with Gasteiger partial charge in [-0.05, 0) is 54.5 Å². The fourth-order valence-electron chi connectivity index (χ4n) is 4.47. The number of rotatable bonds is 9. The van der Waals surface area contributed by atoms with Gasteiger partial charge in [0.1, 0.15) is 17.8 Å². The first-order valence-corrected chi connectivity index (χ1v) is 14.1. The van der Waals surface area contributed by atoms with E-state index in [9.17, 15) is 19.2 Å². The van der Waals surface area contributed by atoms with Crippen LogP contribution in [0.5, 0.6) is 0 Å². The fourth-order valence-corrected chi connectivity index (χ4v) is 5.68.